The van der Waals surface area contributed by atoms with Crippen LogP contribution in [0.15, 0.2) is 47.1 Å². The Bertz CT molecular complexity index is 648. The van der Waals surface area contributed by atoms with E-state index >= 15 is 0 Å². The number of benzene rings is 1. The highest BCUT2D eigenvalue weighted by Crippen LogP contribution is 2.24. The molecule has 1 amide bonds. The lowest BCUT2D eigenvalue weighted by atomic mass is 10.1. The molecule has 0 aliphatic carbocycles. The average molecular weight is 327 g/mol. The van der Waals surface area contributed by atoms with Gasteiger partial charge in [0.05, 0.1) is 12.3 Å². The Balaban J connectivity index is 1.61. The molecule has 1 unspecified atom stereocenters. The van der Waals surface area contributed by atoms with Crippen LogP contribution < -0.4 is 11.1 Å². The lowest BCUT2D eigenvalue weighted by molar-refractivity contribution is 0.1000. The van der Waals surface area contributed by atoms with E-state index in [0.717, 1.165) is 31.0 Å². The minimum atomic E-state index is -0.390. The highest BCUT2D eigenvalue weighted by molar-refractivity contribution is 5.92. The second kappa shape index (κ2) is 8.13. The van der Waals surface area contributed by atoms with Gasteiger partial charge in [0.25, 0.3) is 0 Å². The van der Waals surface area contributed by atoms with Crippen LogP contribution in [0.1, 0.15) is 47.0 Å². The van der Waals surface area contributed by atoms with Crippen molar-refractivity contribution >= 4 is 5.91 Å². The number of hydrogen-bond acceptors (Lipinski definition) is 4. The summed E-state index contributed by atoms with van der Waals surface area (Å²) in [4.78, 5) is 13.8. The number of likely N-dealkylation sites (tertiary alicyclic amines) is 1. The maximum absolute atomic E-state index is 11.3. The van der Waals surface area contributed by atoms with E-state index in [1.807, 2.05) is 24.3 Å². The van der Waals surface area contributed by atoms with Crippen LogP contribution in [0.2, 0.25) is 0 Å². The Morgan fingerprint density at radius 1 is 1.21 bits per heavy atom. The third kappa shape index (κ3) is 4.24. The minimum Gasteiger partial charge on any atom is -0.468 e. The Labute approximate surface area is 142 Å². The summed E-state index contributed by atoms with van der Waals surface area (Å²) in [5.74, 6) is 0.619. The highest BCUT2D eigenvalue weighted by Gasteiger charge is 2.23. The molecule has 1 fully saturated rings. The molecule has 128 valence electrons. The van der Waals surface area contributed by atoms with Crippen molar-refractivity contribution in [2.75, 3.05) is 19.6 Å². The third-order valence-electron chi connectivity index (χ3n) is 4.58. The van der Waals surface area contributed by atoms with Crippen LogP contribution in [-0.4, -0.2) is 30.4 Å². The molecule has 3 rings (SSSR count). The van der Waals surface area contributed by atoms with Crippen molar-refractivity contribution in [3.8, 4) is 0 Å². The lowest BCUT2D eigenvalue weighted by Crippen LogP contribution is -2.38. The summed E-state index contributed by atoms with van der Waals surface area (Å²) in [5.41, 5.74) is 6.95. The molecule has 5 nitrogen and oxygen atoms in total. The fourth-order valence-corrected chi connectivity index (χ4v) is 3.31. The Morgan fingerprint density at radius 3 is 2.75 bits per heavy atom. The molecule has 1 aliphatic heterocycles. The number of rotatable bonds is 7. The Morgan fingerprint density at radius 2 is 2.04 bits per heavy atom. The monoisotopic (exact) mass is 327 g/mol. The smallest absolute Gasteiger partial charge is 0.248 e. The van der Waals surface area contributed by atoms with E-state index in [2.05, 4.69) is 16.3 Å². The van der Waals surface area contributed by atoms with Crippen molar-refractivity contribution in [1.29, 1.82) is 0 Å². The predicted octanol–water partition coefficient (Wildman–Crippen LogP) is 2.70. The largest absolute Gasteiger partial charge is 0.468 e. The van der Waals surface area contributed by atoms with E-state index in [0.29, 0.717) is 12.1 Å². The molecule has 0 radical (unpaired) electrons. The van der Waals surface area contributed by atoms with Crippen LogP contribution >= 0.6 is 0 Å². The van der Waals surface area contributed by atoms with Gasteiger partial charge in [-0.25, -0.2) is 0 Å². The molecule has 1 atom stereocenters. The Kier molecular flexibility index (Phi) is 5.67. The second-order valence-corrected chi connectivity index (χ2v) is 6.32. The zero-order valence-electron chi connectivity index (χ0n) is 13.9. The topological polar surface area (TPSA) is 71.5 Å². The number of amides is 1. The molecule has 0 spiro atoms. The molecule has 24 heavy (non-hydrogen) atoms. The minimum absolute atomic E-state index is 0.250. The summed E-state index contributed by atoms with van der Waals surface area (Å²) in [5, 5.41) is 3.50. The molecule has 3 N–H and O–H groups in total. The number of piperidine rings is 1. The van der Waals surface area contributed by atoms with Crippen molar-refractivity contribution in [2.45, 2.75) is 31.8 Å². The summed E-state index contributed by atoms with van der Waals surface area (Å²) in [6, 6.07) is 11.7. The molecule has 0 saturated carbocycles. The van der Waals surface area contributed by atoms with Crippen molar-refractivity contribution in [3.05, 3.63) is 59.5 Å². The first kappa shape index (κ1) is 16.7. The first-order valence-corrected chi connectivity index (χ1v) is 8.61. The van der Waals surface area contributed by atoms with E-state index in [4.69, 9.17) is 10.2 Å². The molecule has 2 aromatic rings. The fourth-order valence-electron chi connectivity index (χ4n) is 3.31. The van der Waals surface area contributed by atoms with Crippen molar-refractivity contribution in [2.24, 2.45) is 5.73 Å². The molecular formula is C19H25N3O2. The number of carbonyl (C=O) groups is 1. The molecule has 2 heterocycles. The van der Waals surface area contributed by atoms with Crippen LogP contribution in [0.3, 0.4) is 0 Å². The van der Waals surface area contributed by atoms with Gasteiger partial charge >= 0.3 is 0 Å². The number of nitrogens with zero attached hydrogens (tertiary/aromatic N) is 1. The van der Waals surface area contributed by atoms with Gasteiger partial charge in [-0.1, -0.05) is 18.6 Å². The number of furan rings is 1. The van der Waals surface area contributed by atoms with Gasteiger partial charge in [0, 0.05) is 18.7 Å². The highest BCUT2D eigenvalue weighted by atomic mass is 16.3. The van der Waals surface area contributed by atoms with E-state index in [-0.39, 0.29) is 6.04 Å². The number of carbonyl (C=O) groups excluding carboxylic acids is 1. The van der Waals surface area contributed by atoms with Gasteiger partial charge in [0.1, 0.15) is 5.76 Å². The number of nitrogens with two attached hydrogens (primary N) is 1. The summed E-state index contributed by atoms with van der Waals surface area (Å²) in [6.07, 6.45) is 5.55. The maximum Gasteiger partial charge on any atom is 0.248 e. The first-order chi connectivity index (χ1) is 11.7. The molecule has 1 aromatic heterocycles. The number of hydrogen-bond donors (Lipinski definition) is 2. The van der Waals surface area contributed by atoms with E-state index in [1.165, 1.54) is 19.3 Å². The van der Waals surface area contributed by atoms with Crippen molar-refractivity contribution in [3.63, 3.8) is 0 Å². The summed E-state index contributed by atoms with van der Waals surface area (Å²) >= 11 is 0. The SMILES string of the molecule is NC(=O)c1cccc(CNCC(c2ccco2)N2CCCCC2)c1. The third-order valence-corrected chi connectivity index (χ3v) is 4.58. The zero-order valence-corrected chi connectivity index (χ0v) is 13.9. The average Bonchev–Trinajstić information content (AvgIpc) is 3.14. The van der Waals surface area contributed by atoms with Crippen LogP contribution in [0.5, 0.6) is 0 Å². The molecular weight excluding hydrogens is 302 g/mol. The van der Waals surface area contributed by atoms with Crippen molar-refractivity contribution < 1.29 is 9.21 Å². The molecule has 0 bridgehead atoms. The summed E-state index contributed by atoms with van der Waals surface area (Å²) < 4.78 is 5.66. The summed E-state index contributed by atoms with van der Waals surface area (Å²) in [7, 11) is 0. The van der Waals surface area contributed by atoms with Gasteiger partial charge in [-0.3, -0.25) is 9.69 Å². The van der Waals surface area contributed by atoms with E-state index in [9.17, 15) is 4.79 Å². The van der Waals surface area contributed by atoms with E-state index < -0.39 is 5.91 Å². The lowest BCUT2D eigenvalue weighted by Gasteiger charge is -2.33. The van der Waals surface area contributed by atoms with Gasteiger partial charge in [0.2, 0.25) is 5.91 Å². The van der Waals surface area contributed by atoms with Gasteiger partial charge in [0.15, 0.2) is 0 Å². The molecule has 1 saturated heterocycles. The normalized spacial score (nSPS) is 16.8. The van der Waals surface area contributed by atoms with Crippen LogP contribution in [0.25, 0.3) is 0 Å². The quantitative estimate of drug-likeness (QED) is 0.820. The van der Waals surface area contributed by atoms with Crippen LogP contribution in [0.4, 0.5) is 0 Å². The maximum atomic E-state index is 11.3. The number of primary amides is 1. The van der Waals surface area contributed by atoms with Crippen LogP contribution in [-0.2, 0) is 6.54 Å². The predicted molar refractivity (Wildman–Crippen MR) is 93.5 cm³/mol. The Hall–Kier alpha value is -2.11. The standard InChI is InChI=1S/C19H25N3O2/c20-19(23)16-7-4-6-15(12-16)13-21-14-17(18-8-5-11-24-18)22-9-2-1-3-10-22/h4-8,11-12,17,21H,1-3,9-10,13-14H2,(H2,20,23). The second-order valence-electron chi connectivity index (χ2n) is 6.32. The van der Waals surface area contributed by atoms with Gasteiger partial charge in [-0.15, -0.1) is 0 Å². The van der Waals surface area contributed by atoms with Gasteiger partial charge < -0.3 is 15.5 Å². The van der Waals surface area contributed by atoms with Crippen LogP contribution in [0, 0.1) is 0 Å². The molecule has 5 heteroatoms. The number of nitrogens with one attached hydrogen (secondary N) is 1. The summed E-state index contributed by atoms with van der Waals surface area (Å²) in [6.45, 7) is 3.74. The van der Waals surface area contributed by atoms with Gasteiger partial charge in [-0.2, -0.15) is 0 Å². The van der Waals surface area contributed by atoms with E-state index in [1.54, 1.807) is 12.3 Å². The fraction of sp³-hybridized carbons (Fsp3) is 0.421. The first-order valence-electron chi connectivity index (χ1n) is 8.61. The molecule has 1 aliphatic rings. The molecule has 1 aromatic carbocycles. The zero-order chi connectivity index (χ0) is 16.8. The van der Waals surface area contributed by atoms with Crippen molar-refractivity contribution in [1.82, 2.24) is 10.2 Å². The van der Waals surface area contributed by atoms with Gasteiger partial charge in [-0.05, 0) is 55.8 Å².